The molecule has 14 heteroatoms. The van der Waals surface area contributed by atoms with Gasteiger partial charge in [0.05, 0.1) is 23.2 Å². The Morgan fingerprint density at radius 2 is 1.15 bits per heavy atom. The Morgan fingerprint density at radius 1 is 0.655 bits per heavy atom. The van der Waals surface area contributed by atoms with Crippen molar-refractivity contribution in [2.45, 2.75) is 77.0 Å². The van der Waals surface area contributed by atoms with E-state index in [0.717, 1.165) is 53.3 Å². The molecule has 8 rings (SSSR count). The summed E-state index contributed by atoms with van der Waals surface area (Å²) in [5.41, 5.74) is 4.75. The second-order valence-electron chi connectivity index (χ2n) is 13.1. The fourth-order valence-electron chi connectivity index (χ4n) is 6.41. The van der Waals surface area contributed by atoms with E-state index in [2.05, 4.69) is 75.6 Å². The SMILES string of the molecule is CCCBr.CCCC1N=NC(c2ccc(C3CCC(c4c(F)cccc4F)=N3)cc2)=N1.Fc1cccc(F)c1C1=NC(c2ccc(-c3nn[nH]n3)cc2)CC1. The minimum atomic E-state index is -0.568. The van der Waals surface area contributed by atoms with Crippen LogP contribution in [-0.2, 0) is 0 Å². The summed E-state index contributed by atoms with van der Waals surface area (Å²) in [6.07, 6.45) is 5.66. The van der Waals surface area contributed by atoms with Gasteiger partial charge in [-0.15, -0.1) is 15.3 Å². The number of hydrogen-bond donors (Lipinski definition) is 1. The molecule has 3 atom stereocenters. The van der Waals surface area contributed by atoms with E-state index in [4.69, 9.17) is 0 Å². The third-order valence-corrected chi connectivity index (χ3v) is 9.97. The molecule has 3 aliphatic rings. The highest BCUT2D eigenvalue weighted by Crippen LogP contribution is 2.34. The van der Waals surface area contributed by atoms with Gasteiger partial charge in [0.25, 0.3) is 0 Å². The first-order valence-corrected chi connectivity index (χ1v) is 19.4. The summed E-state index contributed by atoms with van der Waals surface area (Å²) in [6, 6.07) is 23.1. The van der Waals surface area contributed by atoms with Gasteiger partial charge in [0, 0.05) is 27.9 Å². The maximum Gasteiger partial charge on any atom is 0.204 e. The maximum atomic E-state index is 14.0. The summed E-state index contributed by atoms with van der Waals surface area (Å²) in [5.74, 6) is -1.08. The molecule has 3 unspecified atom stereocenters. The summed E-state index contributed by atoms with van der Waals surface area (Å²) >= 11 is 3.25. The lowest BCUT2D eigenvalue weighted by Crippen LogP contribution is -2.03. The van der Waals surface area contributed by atoms with Crippen molar-refractivity contribution in [2.75, 3.05) is 5.33 Å². The molecule has 9 nitrogen and oxygen atoms in total. The van der Waals surface area contributed by atoms with E-state index in [0.29, 0.717) is 35.9 Å². The predicted octanol–water partition coefficient (Wildman–Crippen LogP) is 10.9. The van der Waals surface area contributed by atoms with Gasteiger partial charge >= 0.3 is 0 Å². The van der Waals surface area contributed by atoms with Crippen molar-refractivity contribution in [3.05, 3.63) is 136 Å². The number of hydrogen-bond acceptors (Lipinski definition) is 8. The first-order valence-electron chi connectivity index (χ1n) is 18.3. The molecule has 0 amide bonds. The number of azo groups is 1. The molecular weight excluding hydrogens is 774 g/mol. The number of nitrogens with one attached hydrogen (secondary N) is 1. The lowest BCUT2D eigenvalue weighted by molar-refractivity contribution is 0.577. The minimum absolute atomic E-state index is 0.000640. The first-order chi connectivity index (χ1) is 26.8. The van der Waals surface area contributed by atoms with Crippen molar-refractivity contribution in [1.29, 1.82) is 0 Å². The van der Waals surface area contributed by atoms with Crippen LogP contribution < -0.4 is 0 Å². The second-order valence-corrected chi connectivity index (χ2v) is 13.9. The largest absolute Gasteiger partial charge is 0.281 e. The average molecular weight is 815 g/mol. The fraction of sp³-hybridized carbons (Fsp3) is 0.317. The quantitative estimate of drug-likeness (QED) is 0.118. The van der Waals surface area contributed by atoms with Crippen molar-refractivity contribution in [2.24, 2.45) is 25.2 Å². The Morgan fingerprint density at radius 3 is 1.58 bits per heavy atom. The number of halogens is 5. The Bertz CT molecular complexity index is 2130. The zero-order chi connectivity index (χ0) is 38.7. The van der Waals surface area contributed by atoms with Gasteiger partial charge < -0.3 is 0 Å². The summed E-state index contributed by atoms with van der Waals surface area (Å²) in [7, 11) is 0. The van der Waals surface area contributed by atoms with Gasteiger partial charge in [-0.05, 0) is 79.1 Å². The predicted molar refractivity (Wildman–Crippen MR) is 210 cm³/mol. The second kappa shape index (κ2) is 18.9. The average Bonchev–Trinajstić information content (AvgIpc) is 4.05. The number of rotatable bonds is 9. The molecule has 55 heavy (non-hydrogen) atoms. The van der Waals surface area contributed by atoms with Crippen LogP contribution in [0, 0.1) is 23.3 Å². The topological polar surface area (TPSA) is 116 Å². The normalized spacial score (nSPS) is 18.5. The number of H-pyrrole nitrogens is 1. The van der Waals surface area contributed by atoms with Gasteiger partial charge in [0.1, 0.15) is 23.3 Å². The zero-order valence-corrected chi connectivity index (χ0v) is 32.0. The van der Waals surface area contributed by atoms with Crippen LogP contribution in [-0.4, -0.2) is 49.4 Å². The molecule has 1 N–H and O–H groups in total. The molecule has 0 saturated carbocycles. The van der Waals surface area contributed by atoms with Crippen molar-refractivity contribution >= 4 is 33.2 Å². The van der Waals surface area contributed by atoms with E-state index in [-0.39, 0.29) is 29.4 Å². The molecule has 0 radical (unpaired) electrons. The van der Waals surface area contributed by atoms with Crippen LogP contribution in [0.3, 0.4) is 0 Å². The third-order valence-electron chi connectivity index (χ3n) is 9.18. The monoisotopic (exact) mass is 813 g/mol. The molecule has 5 aromatic rings. The Balaban J connectivity index is 0.000000172. The third kappa shape index (κ3) is 9.71. The van der Waals surface area contributed by atoms with Gasteiger partial charge in [0.15, 0.2) is 12.0 Å². The van der Waals surface area contributed by atoms with E-state index < -0.39 is 23.3 Å². The van der Waals surface area contributed by atoms with E-state index >= 15 is 0 Å². The number of benzene rings is 4. The van der Waals surface area contributed by atoms with Crippen molar-refractivity contribution in [3.8, 4) is 11.4 Å². The molecule has 0 fully saturated rings. The van der Waals surface area contributed by atoms with Gasteiger partial charge in [-0.2, -0.15) is 10.3 Å². The standard InChI is InChI=1S/C21H20F2N4.C17H13F2N5.C3H7Br/c1-2-4-19-25-21(27-26-19)14-9-7-13(8-10-14)17-11-12-18(24-17)20-15(22)5-3-6-16(20)23;18-12-2-1-3-13(19)16(12)15-9-8-14(20-15)10-4-6-11(7-5-10)17-21-23-24-22-17;1-2-3-4/h3,5-10,17,19H,2,4,11-12H2,1H3;1-7,14H,8-9H2,(H,21,22,23,24);2-3H2,1H3. The van der Waals surface area contributed by atoms with E-state index in [1.54, 1.807) is 0 Å². The molecule has 0 spiro atoms. The van der Waals surface area contributed by atoms with Gasteiger partial charge in [0.2, 0.25) is 5.82 Å². The fourth-order valence-corrected chi connectivity index (χ4v) is 6.41. The van der Waals surface area contributed by atoms with E-state index in [1.165, 1.54) is 42.8 Å². The number of alkyl halides is 1. The molecule has 4 aromatic carbocycles. The minimum Gasteiger partial charge on any atom is -0.281 e. The van der Waals surface area contributed by atoms with E-state index in [1.807, 2.05) is 48.5 Å². The molecular formula is C41H40BrF4N9. The number of amidine groups is 1. The Labute approximate surface area is 325 Å². The molecule has 1 aromatic heterocycles. The van der Waals surface area contributed by atoms with Crippen LogP contribution in [0.25, 0.3) is 11.4 Å². The Hall–Kier alpha value is -5.24. The maximum absolute atomic E-state index is 14.0. The van der Waals surface area contributed by atoms with Gasteiger partial charge in [-0.3, -0.25) is 9.98 Å². The van der Waals surface area contributed by atoms with Crippen molar-refractivity contribution in [3.63, 3.8) is 0 Å². The number of aromatic amines is 1. The van der Waals surface area contributed by atoms with Crippen LogP contribution in [0.1, 0.15) is 98.7 Å². The highest BCUT2D eigenvalue weighted by molar-refractivity contribution is 9.09. The summed E-state index contributed by atoms with van der Waals surface area (Å²) in [4.78, 5) is 13.6. The van der Waals surface area contributed by atoms with Crippen molar-refractivity contribution < 1.29 is 17.6 Å². The molecule has 4 heterocycles. The van der Waals surface area contributed by atoms with Crippen LogP contribution in [0.5, 0.6) is 0 Å². The summed E-state index contributed by atoms with van der Waals surface area (Å²) in [6.45, 7) is 4.23. The van der Waals surface area contributed by atoms with Crippen LogP contribution in [0.4, 0.5) is 17.6 Å². The molecule has 0 aliphatic carbocycles. The number of aromatic nitrogens is 4. The lowest BCUT2D eigenvalue weighted by atomic mass is 10.0. The Kier molecular flexibility index (Phi) is 13.5. The van der Waals surface area contributed by atoms with Gasteiger partial charge in [-0.25, -0.2) is 22.6 Å². The van der Waals surface area contributed by atoms with E-state index in [9.17, 15) is 17.6 Å². The van der Waals surface area contributed by atoms with Crippen molar-refractivity contribution in [1.82, 2.24) is 20.6 Å². The highest BCUT2D eigenvalue weighted by atomic mass is 79.9. The van der Waals surface area contributed by atoms with Crippen LogP contribution in [0.15, 0.2) is 110 Å². The van der Waals surface area contributed by atoms with Crippen LogP contribution in [0.2, 0.25) is 0 Å². The number of nitrogens with zero attached hydrogens (tertiary/aromatic N) is 8. The zero-order valence-electron chi connectivity index (χ0n) is 30.4. The molecule has 284 valence electrons. The molecule has 0 bridgehead atoms. The number of tetrazole rings is 1. The van der Waals surface area contributed by atoms with Crippen LogP contribution >= 0.6 is 15.9 Å². The highest BCUT2D eigenvalue weighted by Gasteiger charge is 2.26. The first kappa shape index (κ1) is 39.5. The molecule has 3 aliphatic heterocycles. The summed E-state index contributed by atoms with van der Waals surface area (Å²) in [5, 5.41) is 23.3. The number of aliphatic imine (C=N–C) groups is 3. The smallest absolute Gasteiger partial charge is 0.204 e. The lowest BCUT2D eigenvalue weighted by Gasteiger charge is -2.07. The summed E-state index contributed by atoms with van der Waals surface area (Å²) < 4.78 is 55.8. The van der Waals surface area contributed by atoms with Gasteiger partial charge in [-0.1, -0.05) is 96.9 Å². The molecule has 0 saturated heterocycles.